The van der Waals surface area contributed by atoms with Gasteiger partial charge in [0, 0.05) is 60.3 Å². The molecule has 0 unspecified atom stereocenters. The van der Waals surface area contributed by atoms with Crippen molar-refractivity contribution in [2.45, 2.75) is 19.1 Å². The third-order valence-electron chi connectivity index (χ3n) is 5.68. The number of aromatic nitrogens is 1. The van der Waals surface area contributed by atoms with Gasteiger partial charge in [0.25, 0.3) is 0 Å². The van der Waals surface area contributed by atoms with E-state index in [-0.39, 0.29) is 6.54 Å². The van der Waals surface area contributed by atoms with E-state index >= 15 is 0 Å². The van der Waals surface area contributed by atoms with E-state index in [4.69, 9.17) is 4.74 Å². The Morgan fingerprint density at radius 3 is 2.55 bits per heavy atom. The van der Waals surface area contributed by atoms with Gasteiger partial charge in [-0.15, -0.1) is 11.3 Å². The average Bonchev–Trinajstić information content (AvgIpc) is 3.37. The van der Waals surface area contributed by atoms with Gasteiger partial charge in [-0.05, 0) is 29.6 Å². The van der Waals surface area contributed by atoms with E-state index in [0.29, 0.717) is 35.3 Å². The Balaban J connectivity index is 1.62. The zero-order valence-corrected chi connectivity index (χ0v) is 18.0. The fourth-order valence-corrected chi connectivity index (χ4v) is 4.96. The number of hydrogen-bond donors (Lipinski definition) is 2. The number of rotatable bonds is 8. The molecule has 164 valence electrons. The van der Waals surface area contributed by atoms with Crippen LogP contribution in [0.4, 0.5) is 0 Å². The third-order valence-corrected chi connectivity index (χ3v) is 6.55. The van der Waals surface area contributed by atoms with Crippen LogP contribution < -0.4 is 4.74 Å². The number of piperazine rings is 1. The van der Waals surface area contributed by atoms with Crippen LogP contribution in [0.2, 0.25) is 0 Å². The van der Waals surface area contributed by atoms with Gasteiger partial charge in [0.2, 0.25) is 0 Å². The van der Waals surface area contributed by atoms with Crippen LogP contribution in [0.3, 0.4) is 0 Å². The van der Waals surface area contributed by atoms with Gasteiger partial charge >= 0.3 is 11.9 Å². The molecule has 3 heterocycles. The van der Waals surface area contributed by atoms with Crippen LogP contribution >= 0.6 is 11.3 Å². The summed E-state index contributed by atoms with van der Waals surface area (Å²) in [6, 6.07) is 8.61. The lowest BCUT2D eigenvalue weighted by molar-refractivity contribution is -0.144. The summed E-state index contributed by atoms with van der Waals surface area (Å²) < 4.78 is 6.92. The van der Waals surface area contributed by atoms with Gasteiger partial charge in [0.1, 0.15) is 18.3 Å². The topological polar surface area (TPSA) is 95.2 Å². The minimum Gasteiger partial charge on any atom is -0.497 e. The quantitative estimate of drug-likeness (QED) is 0.553. The molecule has 0 aliphatic carbocycles. The van der Waals surface area contributed by atoms with Crippen LogP contribution in [-0.2, 0) is 22.7 Å². The van der Waals surface area contributed by atoms with Crippen LogP contribution in [0.15, 0.2) is 41.9 Å². The van der Waals surface area contributed by atoms with Crippen LogP contribution in [0, 0.1) is 0 Å². The van der Waals surface area contributed by atoms with E-state index in [2.05, 4.69) is 16.3 Å². The first-order valence-electron chi connectivity index (χ1n) is 10.1. The number of methoxy groups -OCH3 is 1. The van der Waals surface area contributed by atoms with Gasteiger partial charge in [-0.3, -0.25) is 19.4 Å². The molecular formula is C22H25N3O5S. The summed E-state index contributed by atoms with van der Waals surface area (Å²) in [5.74, 6) is -1.32. The number of nitrogens with zero attached hydrogens (tertiary/aromatic N) is 3. The number of carbonyl (C=O) groups is 2. The van der Waals surface area contributed by atoms with Crippen molar-refractivity contribution >= 4 is 34.2 Å². The van der Waals surface area contributed by atoms with Gasteiger partial charge in [-0.2, -0.15) is 0 Å². The molecule has 0 radical (unpaired) electrons. The lowest BCUT2D eigenvalue weighted by Crippen LogP contribution is -2.48. The molecule has 2 aromatic heterocycles. The van der Waals surface area contributed by atoms with Crippen LogP contribution in [0.25, 0.3) is 10.9 Å². The van der Waals surface area contributed by atoms with Crippen molar-refractivity contribution < 1.29 is 24.5 Å². The lowest BCUT2D eigenvalue weighted by atomic mass is 10.0. The third kappa shape index (κ3) is 4.58. The van der Waals surface area contributed by atoms with Crippen LogP contribution in [0.1, 0.15) is 16.5 Å². The second-order valence-electron chi connectivity index (χ2n) is 7.62. The standard InChI is InChI=1S/C22H25N3O5S/c1-30-15-4-5-19-17(11-15)18(13-25(19)14-20(26)27)21(22(28)29)24-8-6-23(7-9-24)12-16-3-2-10-31-16/h2-5,10-11,13,21H,6-9,12,14H2,1H3,(H,26,27)(H,28,29)/t21-/m1/s1. The Labute approximate surface area is 183 Å². The fourth-order valence-electron chi connectivity index (χ4n) is 4.21. The second-order valence-corrected chi connectivity index (χ2v) is 8.65. The molecule has 3 aromatic rings. The molecule has 1 atom stereocenters. The summed E-state index contributed by atoms with van der Waals surface area (Å²) in [7, 11) is 1.55. The molecule has 2 N–H and O–H groups in total. The molecular weight excluding hydrogens is 418 g/mol. The number of fused-ring (bicyclic) bond motifs is 1. The molecule has 0 bridgehead atoms. The molecule has 1 aliphatic rings. The summed E-state index contributed by atoms with van der Waals surface area (Å²) in [5, 5.41) is 22.2. The largest absolute Gasteiger partial charge is 0.497 e. The number of thiophene rings is 1. The highest BCUT2D eigenvalue weighted by Crippen LogP contribution is 2.33. The summed E-state index contributed by atoms with van der Waals surface area (Å²) >= 11 is 1.73. The van der Waals surface area contributed by atoms with Gasteiger partial charge in [0.15, 0.2) is 0 Å². The van der Waals surface area contributed by atoms with E-state index in [1.54, 1.807) is 47.4 Å². The van der Waals surface area contributed by atoms with E-state index in [1.807, 2.05) is 11.0 Å². The number of carboxylic acids is 2. The first-order valence-corrected chi connectivity index (χ1v) is 10.9. The minimum atomic E-state index is -0.978. The minimum absolute atomic E-state index is 0.232. The highest BCUT2D eigenvalue weighted by Gasteiger charge is 2.33. The summed E-state index contributed by atoms with van der Waals surface area (Å²) in [4.78, 5) is 29.3. The Bertz CT molecular complexity index is 1070. The first kappa shape index (κ1) is 21.4. The average molecular weight is 444 g/mol. The van der Waals surface area contributed by atoms with E-state index in [9.17, 15) is 19.8 Å². The fraction of sp³-hybridized carbons (Fsp3) is 0.364. The smallest absolute Gasteiger partial charge is 0.325 e. The molecule has 9 heteroatoms. The van der Waals surface area contributed by atoms with Crippen molar-refractivity contribution in [3.63, 3.8) is 0 Å². The van der Waals surface area contributed by atoms with Gasteiger partial charge < -0.3 is 19.5 Å². The van der Waals surface area contributed by atoms with E-state index < -0.39 is 18.0 Å². The first-order chi connectivity index (χ1) is 15.0. The van der Waals surface area contributed by atoms with Gasteiger partial charge in [-0.1, -0.05) is 6.07 Å². The van der Waals surface area contributed by atoms with E-state index in [1.165, 1.54) is 4.88 Å². The zero-order chi connectivity index (χ0) is 22.0. The maximum absolute atomic E-state index is 12.4. The second kappa shape index (κ2) is 9.09. The Morgan fingerprint density at radius 2 is 1.94 bits per heavy atom. The van der Waals surface area contributed by atoms with Gasteiger partial charge in [-0.25, -0.2) is 0 Å². The predicted octanol–water partition coefficient (Wildman–Crippen LogP) is 2.74. The van der Waals surface area contributed by atoms with Crippen molar-refractivity contribution in [1.82, 2.24) is 14.4 Å². The van der Waals surface area contributed by atoms with Crippen molar-refractivity contribution in [1.29, 1.82) is 0 Å². The highest BCUT2D eigenvalue weighted by atomic mass is 32.1. The summed E-state index contributed by atoms with van der Waals surface area (Å²) in [6.07, 6.45) is 1.66. The maximum atomic E-state index is 12.4. The normalized spacial score (nSPS) is 16.4. The van der Waals surface area contributed by atoms with Crippen LogP contribution in [-0.4, -0.2) is 69.8 Å². The summed E-state index contributed by atoms with van der Waals surface area (Å²) in [5.41, 5.74) is 1.27. The molecule has 0 saturated carbocycles. The van der Waals surface area contributed by atoms with Crippen molar-refractivity contribution in [3.05, 3.63) is 52.3 Å². The number of benzene rings is 1. The molecule has 8 nitrogen and oxygen atoms in total. The van der Waals surface area contributed by atoms with Crippen LogP contribution in [0.5, 0.6) is 5.75 Å². The Morgan fingerprint density at radius 1 is 1.16 bits per heavy atom. The van der Waals surface area contributed by atoms with Crippen molar-refractivity contribution in [2.75, 3.05) is 33.3 Å². The maximum Gasteiger partial charge on any atom is 0.325 e. The molecule has 0 amide bonds. The predicted molar refractivity (Wildman–Crippen MR) is 118 cm³/mol. The molecule has 4 rings (SSSR count). The van der Waals surface area contributed by atoms with E-state index in [0.717, 1.165) is 19.6 Å². The molecule has 1 saturated heterocycles. The molecule has 31 heavy (non-hydrogen) atoms. The van der Waals surface area contributed by atoms with Crippen molar-refractivity contribution in [2.24, 2.45) is 0 Å². The zero-order valence-electron chi connectivity index (χ0n) is 17.2. The highest BCUT2D eigenvalue weighted by molar-refractivity contribution is 7.09. The number of ether oxygens (including phenoxy) is 1. The lowest BCUT2D eigenvalue weighted by Gasteiger charge is -2.37. The molecule has 0 spiro atoms. The van der Waals surface area contributed by atoms with Gasteiger partial charge in [0.05, 0.1) is 7.11 Å². The number of hydrogen-bond acceptors (Lipinski definition) is 6. The summed E-state index contributed by atoms with van der Waals surface area (Å²) in [6.45, 7) is 3.44. The number of carboxylic acid groups (broad SMARTS) is 2. The molecule has 1 aromatic carbocycles. The Kier molecular flexibility index (Phi) is 6.26. The molecule has 1 fully saturated rings. The molecule has 1 aliphatic heterocycles. The Hall–Kier alpha value is -2.88. The monoisotopic (exact) mass is 443 g/mol. The van der Waals surface area contributed by atoms with Crippen molar-refractivity contribution in [3.8, 4) is 5.75 Å². The number of aliphatic carboxylic acids is 2. The SMILES string of the molecule is COc1ccc2c(c1)c([C@H](C(=O)O)N1CCN(Cc3cccs3)CC1)cn2CC(=O)O.